The van der Waals surface area contributed by atoms with E-state index in [1.54, 1.807) is 12.1 Å². The Hall–Kier alpha value is -2.11. The van der Waals surface area contributed by atoms with Crippen molar-refractivity contribution in [3.05, 3.63) is 30.1 Å². The third kappa shape index (κ3) is 1.26. The van der Waals surface area contributed by atoms with Crippen LogP contribution in [-0.4, -0.2) is 14.9 Å². The molecule has 4 N–H and O–H groups in total. The molecule has 0 amide bonds. The van der Waals surface area contributed by atoms with Crippen LogP contribution in [0.1, 0.15) is 0 Å². The Bertz CT molecular complexity index is 447. The fourth-order valence-corrected chi connectivity index (χ4v) is 1.10. The molecule has 2 aromatic rings. The Kier molecular flexibility index (Phi) is 1.81. The number of halogens is 1. The number of hydrogen-bond donors (Lipinski definition) is 2. The van der Waals surface area contributed by atoms with Crippen LogP contribution in [0.4, 0.5) is 10.3 Å². The Morgan fingerprint density at radius 3 is 2.29 bits per heavy atom. The Balaban J connectivity index is 2.49. The number of nitrogen functional groups attached to an aromatic ring is 2. The van der Waals surface area contributed by atoms with Gasteiger partial charge < -0.3 is 11.6 Å². The van der Waals surface area contributed by atoms with Crippen LogP contribution in [0.15, 0.2) is 24.3 Å². The summed E-state index contributed by atoms with van der Waals surface area (Å²) < 4.78 is 13.8. The second-order valence-electron chi connectivity index (χ2n) is 2.76. The standard InChI is InChI=1S/C8H8FN5/c9-6-3-1-5(2-4-6)7-12-13-8(10)14(7)11/h1-4H,11H2,(H2,10,13). The quantitative estimate of drug-likeness (QED) is 0.641. The van der Waals surface area contributed by atoms with E-state index in [0.29, 0.717) is 11.4 Å². The normalized spacial score (nSPS) is 10.4. The lowest BCUT2D eigenvalue weighted by Gasteiger charge is -2.00. The van der Waals surface area contributed by atoms with Crippen molar-refractivity contribution in [1.82, 2.24) is 14.9 Å². The van der Waals surface area contributed by atoms with Gasteiger partial charge in [0.1, 0.15) is 5.82 Å². The number of hydrogen-bond acceptors (Lipinski definition) is 4. The smallest absolute Gasteiger partial charge is 0.241 e. The molecule has 0 aliphatic heterocycles. The summed E-state index contributed by atoms with van der Waals surface area (Å²) in [6.45, 7) is 0. The molecule has 0 atom stereocenters. The largest absolute Gasteiger partial charge is 0.366 e. The minimum absolute atomic E-state index is 0.115. The minimum Gasteiger partial charge on any atom is -0.366 e. The Labute approximate surface area is 79.1 Å². The lowest BCUT2D eigenvalue weighted by atomic mass is 10.2. The maximum absolute atomic E-state index is 12.6. The maximum Gasteiger partial charge on any atom is 0.241 e. The molecule has 0 spiro atoms. The van der Waals surface area contributed by atoms with Gasteiger partial charge in [0.25, 0.3) is 0 Å². The van der Waals surface area contributed by atoms with Gasteiger partial charge in [-0.3, -0.25) is 0 Å². The minimum atomic E-state index is -0.315. The van der Waals surface area contributed by atoms with Gasteiger partial charge >= 0.3 is 0 Å². The molecule has 14 heavy (non-hydrogen) atoms. The highest BCUT2D eigenvalue weighted by molar-refractivity contribution is 5.56. The maximum atomic E-state index is 12.6. The molecular formula is C8H8FN5. The first-order valence-corrected chi connectivity index (χ1v) is 3.90. The van der Waals surface area contributed by atoms with Gasteiger partial charge in [0.15, 0.2) is 5.82 Å². The summed E-state index contributed by atoms with van der Waals surface area (Å²) in [5.41, 5.74) is 6.06. The molecule has 1 heterocycles. The number of benzene rings is 1. The third-order valence-electron chi connectivity index (χ3n) is 1.82. The number of aromatic nitrogens is 3. The van der Waals surface area contributed by atoms with E-state index in [-0.39, 0.29) is 11.8 Å². The zero-order valence-electron chi connectivity index (χ0n) is 7.18. The van der Waals surface area contributed by atoms with E-state index in [1.807, 2.05) is 0 Å². The van der Waals surface area contributed by atoms with E-state index in [9.17, 15) is 4.39 Å². The molecule has 72 valence electrons. The molecule has 1 aromatic heterocycles. The van der Waals surface area contributed by atoms with E-state index in [0.717, 1.165) is 4.68 Å². The van der Waals surface area contributed by atoms with Crippen molar-refractivity contribution in [1.29, 1.82) is 0 Å². The second-order valence-corrected chi connectivity index (χ2v) is 2.76. The van der Waals surface area contributed by atoms with Crippen LogP contribution in [0.2, 0.25) is 0 Å². The average Bonchev–Trinajstić information content (AvgIpc) is 2.50. The first-order chi connectivity index (χ1) is 6.68. The molecule has 0 aliphatic carbocycles. The summed E-state index contributed by atoms with van der Waals surface area (Å²) >= 11 is 0. The molecule has 0 radical (unpaired) electrons. The van der Waals surface area contributed by atoms with Crippen molar-refractivity contribution in [2.45, 2.75) is 0 Å². The molecule has 0 saturated carbocycles. The van der Waals surface area contributed by atoms with Crippen molar-refractivity contribution in [3.63, 3.8) is 0 Å². The molecule has 0 unspecified atom stereocenters. The lowest BCUT2D eigenvalue weighted by Crippen LogP contribution is -2.13. The van der Waals surface area contributed by atoms with E-state index >= 15 is 0 Å². The number of nitrogens with zero attached hydrogens (tertiary/aromatic N) is 3. The molecule has 2 rings (SSSR count). The van der Waals surface area contributed by atoms with Gasteiger partial charge in [-0.2, -0.15) is 0 Å². The highest BCUT2D eigenvalue weighted by Gasteiger charge is 2.08. The number of anilines is 1. The van der Waals surface area contributed by atoms with Crippen LogP contribution in [0.3, 0.4) is 0 Å². The summed E-state index contributed by atoms with van der Waals surface area (Å²) in [6.07, 6.45) is 0. The average molecular weight is 193 g/mol. The first kappa shape index (κ1) is 8.49. The Morgan fingerprint density at radius 1 is 1.14 bits per heavy atom. The van der Waals surface area contributed by atoms with Crippen molar-refractivity contribution in [3.8, 4) is 11.4 Å². The SMILES string of the molecule is Nc1nnc(-c2ccc(F)cc2)n1N. The third-order valence-corrected chi connectivity index (χ3v) is 1.82. The predicted molar refractivity (Wildman–Crippen MR) is 50.0 cm³/mol. The fourth-order valence-electron chi connectivity index (χ4n) is 1.10. The van der Waals surface area contributed by atoms with Gasteiger partial charge in [0.05, 0.1) is 0 Å². The van der Waals surface area contributed by atoms with Gasteiger partial charge in [-0.1, -0.05) is 0 Å². The topological polar surface area (TPSA) is 82.8 Å². The highest BCUT2D eigenvalue weighted by atomic mass is 19.1. The van der Waals surface area contributed by atoms with Gasteiger partial charge in [-0.05, 0) is 24.3 Å². The predicted octanol–water partition coefficient (Wildman–Crippen LogP) is 0.380. The van der Waals surface area contributed by atoms with E-state index in [1.165, 1.54) is 12.1 Å². The second kappa shape index (κ2) is 2.99. The van der Waals surface area contributed by atoms with Crippen molar-refractivity contribution in [2.75, 3.05) is 11.6 Å². The fraction of sp³-hybridized carbons (Fsp3) is 0. The van der Waals surface area contributed by atoms with Crippen LogP contribution in [-0.2, 0) is 0 Å². The van der Waals surface area contributed by atoms with E-state index in [4.69, 9.17) is 11.6 Å². The summed E-state index contributed by atoms with van der Waals surface area (Å²) in [5, 5.41) is 7.34. The van der Waals surface area contributed by atoms with Crippen molar-refractivity contribution < 1.29 is 4.39 Å². The van der Waals surface area contributed by atoms with Gasteiger partial charge in [-0.15, -0.1) is 10.2 Å². The zero-order chi connectivity index (χ0) is 10.1. The molecule has 0 saturated heterocycles. The Morgan fingerprint density at radius 2 is 1.79 bits per heavy atom. The van der Waals surface area contributed by atoms with E-state index < -0.39 is 0 Å². The molecule has 5 nitrogen and oxygen atoms in total. The van der Waals surface area contributed by atoms with Crippen LogP contribution in [0.5, 0.6) is 0 Å². The molecule has 0 bridgehead atoms. The van der Waals surface area contributed by atoms with Gasteiger partial charge in [-0.25, -0.2) is 9.07 Å². The van der Waals surface area contributed by atoms with Crippen molar-refractivity contribution >= 4 is 5.95 Å². The van der Waals surface area contributed by atoms with Crippen LogP contribution >= 0.6 is 0 Å². The molecule has 0 aliphatic rings. The van der Waals surface area contributed by atoms with Crippen LogP contribution in [0.25, 0.3) is 11.4 Å². The summed E-state index contributed by atoms with van der Waals surface area (Å²) in [4.78, 5) is 0. The van der Waals surface area contributed by atoms with Gasteiger partial charge in [0, 0.05) is 5.56 Å². The zero-order valence-corrected chi connectivity index (χ0v) is 7.18. The summed E-state index contributed by atoms with van der Waals surface area (Å²) in [5.74, 6) is 5.75. The molecule has 1 aromatic carbocycles. The van der Waals surface area contributed by atoms with Crippen LogP contribution in [0, 0.1) is 5.82 Å². The highest BCUT2D eigenvalue weighted by Crippen LogP contribution is 2.16. The number of rotatable bonds is 1. The first-order valence-electron chi connectivity index (χ1n) is 3.90. The lowest BCUT2D eigenvalue weighted by molar-refractivity contribution is 0.628. The monoisotopic (exact) mass is 193 g/mol. The molecule has 0 fully saturated rings. The summed E-state index contributed by atoms with van der Waals surface area (Å²) in [7, 11) is 0. The molecular weight excluding hydrogens is 185 g/mol. The van der Waals surface area contributed by atoms with Crippen LogP contribution < -0.4 is 11.6 Å². The van der Waals surface area contributed by atoms with Crippen molar-refractivity contribution in [2.24, 2.45) is 0 Å². The molecule has 6 heteroatoms. The number of nitrogens with two attached hydrogens (primary N) is 2. The summed E-state index contributed by atoms with van der Waals surface area (Å²) in [6, 6.07) is 5.75. The van der Waals surface area contributed by atoms with E-state index in [2.05, 4.69) is 10.2 Å². The van der Waals surface area contributed by atoms with Gasteiger partial charge in [0.2, 0.25) is 5.95 Å².